The molecule has 0 saturated heterocycles. The Balaban J connectivity index is 2.17. The van der Waals surface area contributed by atoms with Gasteiger partial charge in [0.2, 0.25) is 0 Å². The fourth-order valence-electron chi connectivity index (χ4n) is 1.94. The molecule has 21 heavy (non-hydrogen) atoms. The second-order valence-electron chi connectivity index (χ2n) is 4.55. The molecule has 1 unspecified atom stereocenters. The highest BCUT2D eigenvalue weighted by Crippen LogP contribution is 2.26. The Labute approximate surface area is 133 Å². The first-order valence-corrected chi connectivity index (χ1v) is 7.03. The molecule has 2 aromatic carbocycles. The van der Waals surface area contributed by atoms with Crippen molar-refractivity contribution in [1.82, 2.24) is 5.32 Å². The van der Waals surface area contributed by atoms with E-state index in [1.165, 1.54) is 0 Å². The van der Waals surface area contributed by atoms with E-state index in [-0.39, 0.29) is 11.9 Å². The lowest BCUT2D eigenvalue weighted by Gasteiger charge is -2.16. The summed E-state index contributed by atoms with van der Waals surface area (Å²) in [5, 5.41) is 12.7. The molecular weight excluding hydrogens is 307 g/mol. The van der Waals surface area contributed by atoms with Crippen LogP contribution in [0.5, 0.6) is 0 Å². The van der Waals surface area contributed by atoms with E-state index in [1.807, 2.05) is 13.0 Å². The van der Waals surface area contributed by atoms with Gasteiger partial charge in [-0.15, -0.1) is 0 Å². The number of carbonyl (C=O) groups is 1. The zero-order valence-electron chi connectivity index (χ0n) is 11.2. The second-order valence-corrected chi connectivity index (χ2v) is 5.40. The van der Waals surface area contributed by atoms with Crippen molar-refractivity contribution in [2.45, 2.75) is 13.0 Å². The Kier molecular flexibility index (Phi) is 4.85. The van der Waals surface area contributed by atoms with Gasteiger partial charge in [-0.1, -0.05) is 35.3 Å². The minimum Gasteiger partial charge on any atom is -0.345 e. The molecule has 5 heteroatoms. The number of benzene rings is 2. The van der Waals surface area contributed by atoms with Crippen molar-refractivity contribution >= 4 is 29.1 Å². The van der Waals surface area contributed by atoms with Crippen LogP contribution in [-0.2, 0) is 0 Å². The molecule has 0 bridgehead atoms. The van der Waals surface area contributed by atoms with Gasteiger partial charge in [-0.25, -0.2) is 0 Å². The number of amides is 1. The molecule has 0 aliphatic carbocycles. The molecule has 1 amide bonds. The maximum atomic E-state index is 12.2. The first kappa shape index (κ1) is 15.4. The third-order valence-corrected chi connectivity index (χ3v) is 3.59. The molecule has 0 aliphatic rings. The minimum atomic E-state index is -0.270. The van der Waals surface area contributed by atoms with Gasteiger partial charge in [0.05, 0.1) is 17.7 Å². The van der Waals surface area contributed by atoms with Crippen LogP contribution in [0.2, 0.25) is 10.0 Å². The maximum Gasteiger partial charge on any atom is 0.251 e. The molecule has 106 valence electrons. The summed E-state index contributed by atoms with van der Waals surface area (Å²) in [7, 11) is 0. The number of nitrogens with zero attached hydrogens (tertiary/aromatic N) is 1. The van der Waals surface area contributed by atoms with E-state index in [4.69, 9.17) is 28.5 Å². The Bertz CT molecular complexity index is 722. The number of hydrogen-bond acceptors (Lipinski definition) is 2. The van der Waals surface area contributed by atoms with Gasteiger partial charge in [0.25, 0.3) is 5.91 Å². The summed E-state index contributed by atoms with van der Waals surface area (Å²) in [5.41, 5.74) is 1.66. The topological polar surface area (TPSA) is 52.9 Å². The molecule has 0 aliphatic heterocycles. The number of halogens is 2. The number of nitriles is 1. The van der Waals surface area contributed by atoms with Crippen LogP contribution in [-0.4, -0.2) is 5.91 Å². The van der Waals surface area contributed by atoms with Crippen molar-refractivity contribution in [2.24, 2.45) is 0 Å². The second kappa shape index (κ2) is 6.62. The summed E-state index contributed by atoms with van der Waals surface area (Å²) >= 11 is 12.0. The van der Waals surface area contributed by atoms with Gasteiger partial charge in [-0.3, -0.25) is 4.79 Å². The quantitative estimate of drug-likeness (QED) is 0.914. The molecule has 2 rings (SSSR count). The van der Waals surface area contributed by atoms with Crippen LogP contribution in [0.4, 0.5) is 0 Å². The SMILES string of the molecule is CC(NC(=O)c1cccc(C#N)c1)c1ccc(Cl)cc1Cl. The molecule has 0 spiro atoms. The smallest absolute Gasteiger partial charge is 0.251 e. The Morgan fingerprint density at radius 2 is 2.00 bits per heavy atom. The summed E-state index contributed by atoms with van der Waals surface area (Å²) in [5.74, 6) is -0.259. The lowest BCUT2D eigenvalue weighted by molar-refractivity contribution is 0.0940. The highest BCUT2D eigenvalue weighted by atomic mass is 35.5. The molecule has 1 atom stereocenters. The predicted molar refractivity (Wildman–Crippen MR) is 83.5 cm³/mol. The molecule has 0 heterocycles. The summed E-state index contributed by atoms with van der Waals surface area (Å²) in [6.07, 6.45) is 0. The van der Waals surface area contributed by atoms with Crippen LogP contribution >= 0.6 is 23.2 Å². The van der Waals surface area contributed by atoms with Crippen LogP contribution < -0.4 is 5.32 Å². The van der Waals surface area contributed by atoms with Gasteiger partial charge >= 0.3 is 0 Å². The van der Waals surface area contributed by atoms with Crippen molar-refractivity contribution in [3.8, 4) is 6.07 Å². The van der Waals surface area contributed by atoms with E-state index >= 15 is 0 Å². The first-order valence-electron chi connectivity index (χ1n) is 6.27. The van der Waals surface area contributed by atoms with Gasteiger partial charge in [0.15, 0.2) is 0 Å². The average Bonchev–Trinajstić information content (AvgIpc) is 2.47. The average molecular weight is 319 g/mol. The van der Waals surface area contributed by atoms with Crippen LogP contribution in [0.3, 0.4) is 0 Å². The predicted octanol–water partition coefficient (Wildman–Crippen LogP) is 4.36. The number of carbonyl (C=O) groups excluding carboxylic acids is 1. The molecule has 0 saturated carbocycles. The summed E-state index contributed by atoms with van der Waals surface area (Å²) in [6.45, 7) is 1.83. The number of rotatable bonds is 3. The van der Waals surface area contributed by atoms with E-state index in [1.54, 1.807) is 42.5 Å². The summed E-state index contributed by atoms with van der Waals surface area (Å²) in [6, 6.07) is 13.4. The highest BCUT2D eigenvalue weighted by molar-refractivity contribution is 6.35. The molecule has 0 radical (unpaired) electrons. The van der Waals surface area contributed by atoms with E-state index in [0.29, 0.717) is 21.2 Å². The largest absolute Gasteiger partial charge is 0.345 e. The van der Waals surface area contributed by atoms with Gasteiger partial charge in [-0.05, 0) is 42.8 Å². The first-order chi connectivity index (χ1) is 10.0. The van der Waals surface area contributed by atoms with E-state index in [9.17, 15) is 4.79 Å². The van der Waals surface area contributed by atoms with Crippen molar-refractivity contribution < 1.29 is 4.79 Å². The molecule has 3 nitrogen and oxygen atoms in total. The minimum absolute atomic E-state index is 0.259. The van der Waals surface area contributed by atoms with E-state index in [2.05, 4.69) is 5.32 Å². The maximum absolute atomic E-state index is 12.2. The Morgan fingerprint density at radius 1 is 1.24 bits per heavy atom. The third kappa shape index (κ3) is 3.75. The molecule has 0 aromatic heterocycles. The van der Waals surface area contributed by atoms with Crippen LogP contribution in [0.1, 0.15) is 34.5 Å². The summed E-state index contributed by atoms with van der Waals surface area (Å²) in [4.78, 5) is 12.2. The van der Waals surface area contributed by atoms with Gasteiger partial charge in [-0.2, -0.15) is 5.26 Å². The Hall–Kier alpha value is -2.02. The van der Waals surface area contributed by atoms with Crippen molar-refractivity contribution in [3.05, 3.63) is 69.2 Å². The third-order valence-electron chi connectivity index (χ3n) is 3.03. The van der Waals surface area contributed by atoms with Gasteiger partial charge < -0.3 is 5.32 Å². The molecule has 1 N–H and O–H groups in total. The fraction of sp³-hybridized carbons (Fsp3) is 0.125. The van der Waals surface area contributed by atoms with E-state index < -0.39 is 0 Å². The van der Waals surface area contributed by atoms with Crippen LogP contribution in [0.15, 0.2) is 42.5 Å². The molecular formula is C16H12Cl2N2O. The van der Waals surface area contributed by atoms with Gasteiger partial charge in [0, 0.05) is 15.6 Å². The van der Waals surface area contributed by atoms with Crippen LogP contribution in [0.25, 0.3) is 0 Å². The zero-order valence-corrected chi connectivity index (χ0v) is 12.7. The van der Waals surface area contributed by atoms with Gasteiger partial charge in [0.1, 0.15) is 0 Å². The number of hydrogen-bond donors (Lipinski definition) is 1. The van der Waals surface area contributed by atoms with E-state index in [0.717, 1.165) is 5.56 Å². The highest BCUT2D eigenvalue weighted by Gasteiger charge is 2.14. The lowest BCUT2D eigenvalue weighted by atomic mass is 10.1. The molecule has 2 aromatic rings. The standard InChI is InChI=1S/C16H12Cl2N2O/c1-10(14-6-5-13(17)8-15(14)18)20-16(21)12-4-2-3-11(7-12)9-19/h2-8,10H,1H3,(H,20,21). The van der Waals surface area contributed by atoms with Crippen LogP contribution in [0, 0.1) is 11.3 Å². The monoisotopic (exact) mass is 318 g/mol. The normalized spacial score (nSPS) is 11.5. The van der Waals surface area contributed by atoms with Crippen molar-refractivity contribution in [3.63, 3.8) is 0 Å². The van der Waals surface area contributed by atoms with Crippen molar-refractivity contribution in [1.29, 1.82) is 5.26 Å². The summed E-state index contributed by atoms with van der Waals surface area (Å²) < 4.78 is 0. The molecule has 0 fully saturated rings. The zero-order chi connectivity index (χ0) is 15.4. The lowest BCUT2D eigenvalue weighted by Crippen LogP contribution is -2.26. The Morgan fingerprint density at radius 3 is 2.67 bits per heavy atom. The number of nitrogens with one attached hydrogen (secondary N) is 1. The van der Waals surface area contributed by atoms with Crippen molar-refractivity contribution in [2.75, 3.05) is 0 Å². The fourth-order valence-corrected chi connectivity index (χ4v) is 2.51.